The maximum absolute atomic E-state index is 12.2. The van der Waals surface area contributed by atoms with E-state index in [2.05, 4.69) is 9.82 Å². The average Bonchev–Trinajstić information content (AvgIpc) is 3.03. The molecular formula is C12H16N4O2S3. The van der Waals surface area contributed by atoms with Crippen molar-refractivity contribution in [1.29, 1.82) is 0 Å². The summed E-state index contributed by atoms with van der Waals surface area (Å²) in [6, 6.07) is 3.12. The molecular weight excluding hydrogens is 328 g/mol. The number of aromatic nitrogens is 2. The molecule has 0 spiro atoms. The summed E-state index contributed by atoms with van der Waals surface area (Å²) in [7, 11) is -1.76. The van der Waals surface area contributed by atoms with Crippen molar-refractivity contribution in [3.8, 4) is 0 Å². The Labute approximate surface area is 133 Å². The highest BCUT2D eigenvalue weighted by molar-refractivity contribution is 7.91. The van der Waals surface area contributed by atoms with E-state index in [4.69, 9.17) is 18.0 Å². The summed E-state index contributed by atoms with van der Waals surface area (Å²) in [5, 5.41) is 4.28. The number of thiocarbonyl (C=S) groups is 1. The van der Waals surface area contributed by atoms with Crippen LogP contribution >= 0.6 is 23.6 Å². The SMILES string of the molecule is CCc1nn(C)cc1CNS(=O)(=O)c1ccc(C(N)=S)s1. The van der Waals surface area contributed by atoms with Crippen molar-refractivity contribution in [2.75, 3.05) is 0 Å². The molecule has 0 bridgehead atoms. The van der Waals surface area contributed by atoms with Crippen LogP contribution in [0.4, 0.5) is 0 Å². The molecule has 2 heterocycles. The summed E-state index contributed by atoms with van der Waals surface area (Å²) in [6.45, 7) is 2.19. The monoisotopic (exact) mass is 344 g/mol. The zero-order valence-corrected chi connectivity index (χ0v) is 14.1. The molecule has 2 aromatic heterocycles. The lowest BCUT2D eigenvalue weighted by atomic mass is 10.2. The highest BCUT2D eigenvalue weighted by Gasteiger charge is 2.18. The van der Waals surface area contributed by atoms with Gasteiger partial charge in [-0.1, -0.05) is 19.1 Å². The smallest absolute Gasteiger partial charge is 0.250 e. The fraction of sp³-hybridized carbons (Fsp3) is 0.333. The van der Waals surface area contributed by atoms with Crippen LogP contribution in [0.15, 0.2) is 22.5 Å². The van der Waals surface area contributed by atoms with Crippen molar-refractivity contribution in [1.82, 2.24) is 14.5 Å². The highest BCUT2D eigenvalue weighted by atomic mass is 32.2. The highest BCUT2D eigenvalue weighted by Crippen LogP contribution is 2.21. The van der Waals surface area contributed by atoms with Crippen LogP contribution in [-0.4, -0.2) is 23.2 Å². The molecule has 9 heteroatoms. The molecule has 0 amide bonds. The molecule has 0 saturated carbocycles. The second-order valence-electron chi connectivity index (χ2n) is 4.44. The van der Waals surface area contributed by atoms with E-state index in [9.17, 15) is 8.42 Å². The van der Waals surface area contributed by atoms with E-state index in [1.54, 1.807) is 10.7 Å². The third kappa shape index (κ3) is 3.67. The third-order valence-electron chi connectivity index (χ3n) is 2.87. The summed E-state index contributed by atoms with van der Waals surface area (Å²) in [5.41, 5.74) is 7.25. The molecule has 3 N–H and O–H groups in total. The first kappa shape index (κ1) is 16.1. The third-order valence-corrected chi connectivity index (χ3v) is 6.23. The van der Waals surface area contributed by atoms with E-state index in [-0.39, 0.29) is 15.7 Å². The van der Waals surface area contributed by atoms with Gasteiger partial charge < -0.3 is 5.73 Å². The molecule has 114 valence electrons. The van der Waals surface area contributed by atoms with Crippen LogP contribution in [-0.2, 0) is 30.0 Å². The van der Waals surface area contributed by atoms with Gasteiger partial charge >= 0.3 is 0 Å². The van der Waals surface area contributed by atoms with Crippen molar-refractivity contribution in [3.05, 3.63) is 34.5 Å². The van der Waals surface area contributed by atoms with Gasteiger partial charge in [-0.2, -0.15) is 5.10 Å². The Morgan fingerprint density at radius 3 is 2.81 bits per heavy atom. The predicted octanol–water partition coefficient (Wildman–Crippen LogP) is 1.16. The van der Waals surface area contributed by atoms with E-state index in [0.717, 1.165) is 29.0 Å². The van der Waals surface area contributed by atoms with Crippen molar-refractivity contribution in [2.24, 2.45) is 12.8 Å². The van der Waals surface area contributed by atoms with Gasteiger partial charge in [-0.25, -0.2) is 13.1 Å². The molecule has 2 aromatic rings. The van der Waals surface area contributed by atoms with Crippen LogP contribution in [0.25, 0.3) is 0 Å². The Morgan fingerprint density at radius 2 is 2.24 bits per heavy atom. The van der Waals surface area contributed by atoms with Crippen molar-refractivity contribution in [2.45, 2.75) is 24.1 Å². The van der Waals surface area contributed by atoms with E-state index in [1.807, 2.05) is 20.2 Å². The number of rotatable bonds is 6. The van der Waals surface area contributed by atoms with Gasteiger partial charge in [0.15, 0.2) is 0 Å². The van der Waals surface area contributed by atoms with Gasteiger partial charge in [-0.3, -0.25) is 4.68 Å². The minimum absolute atomic E-state index is 0.196. The Balaban J connectivity index is 2.15. The predicted molar refractivity (Wildman–Crippen MR) is 86.8 cm³/mol. The zero-order chi connectivity index (χ0) is 15.6. The molecule has 0 aliphatic heterocycles. The normalized spacial score (nSPS) is 11.7. The Bertz CT molecular complexity index is 761. The van der Waals surface area contributed by atoms with Crippen molar-refractivity contribution < 1.29 is 8.42 Å². The lowest BCUT2D eigenvalue weighted by Crippen LogP contribution is -2.22. The second-order valence-corrected chi connectivity index (χ2v) is 7.95. The van der Waals surface area contributed by atoms with E-state index in [1.165, 1.54) is 6.07 Å². The summed E-state index contributed by atoms with van der Waals surface area (Å²) in [4.78, 5) is 0.781. The summed E-state index contributed by atoms with van der Waals surface area (Å²) < 4.78 is 28.9. The van der Waals surface area contributed by atoms with Gasteiger partial charge in [0, 0.05) is 25.4 Å². The van der Waals surface area contributed by atoms with Crippen LogP contribution in [0.5, 0.6) is 0 Å². The Morgan fingerprint density at radius 1 is 1.52 bits per heavy atom. The zero-order valence-electron chi connectivity index (χ0n) is 11.7. The average molecular weight is 344 g/mol. The number of hydrogen-bond donors (Lipinski definition) is 2. The van der Waals surface area contributed by atoms with Crippen molar-refractivity contribution >= 4 is 38.6 Å². The summed E-state index contributed by atoms with van der Waals surface area (Å²) in [5.74, 6) is 0. The fourth-order valence-electron chi connectivity index (χ4n) is 1.87. The number of nitrogens with two attached hydrogens (primary N) is 1. The molecule has 0 atom stereocenters. The van der Waals surface area contributed by atoms with Crippen LogP contribution in [0.3, 0.4) is 0 Å². The van der Waals surface area contributed by atoms with Gasteiger partial charge in [0.25, 0.3) is 0 Å². The molecule has 0 aromatic carbocycles. The van der Waals surface area contributed by atoms with E-state index in [0.29, 0.717) is 4.88 Å². The molecule has 0 aliphatic carbocycles. The van der Waals surface area contributed by atoms with Gasteiger partial charge in [-0.05, 0) is 18.6 Å². The van der Waals surface area contributed by atoms with Gasteiger partial charge in [0.2, 0.25) is 10.0 Å². The first-order valence-electron chi connectivity index (χ1n) is 6.24. The first-order valence-corrected chi connectivity index (χ1v) is 8.95. The molecule has 0 radical (unpaired) electrons. The fourth-order valence-corrected chi connectivity index (χ4v) is 4.27. The summed E-state index contributed by atoms with van der Waals surface area (Å²) in [6.07, 6.45) is 2.57. The Hall–Kier alpha value is -1.29. The van der Waals surface area contributed by atoms with Gasteiger partial charge in [0.1, 0.15) is 9.20 Å². The Kier molecular flexibility index (Phi) is 4.77. The number of aryl methyl sites for hydroxylation is 2. The van der Waals surface area contributed by atoms with Crippen molar-refractivity contribution in [3.63, 3.8) is 0 Å². The minimum Gasteiger partial charge on any atom is -0.389 e. The van der Waals surface area contributed by atoms with Gasteiger partial charge in [-0.15, -0.1) is 11.3 Å². The first-order chi connectivity index (χ1) is 9.83. The van der Waals surface area contributed by atoms with E-state index >= 15 is 0 Å². The maximum atomic E-state index is 12.2. The molecule has 2 rings (SSSR count). The quantitative estimate of drug-likeness (QED) is 0.768. The molecule has 0 aliphatic rings. The molecule has 0 saturated heterocycles. The van der Waals surface area contributed by atoms with Gasteiger partial charge in [0.05, 0.1) is 10.6 Å². The second kappa shape index (κ2) is 6.22. The molecule has 0 fully saturated rings. The topological polar surface area (TPSA) is 90.0 Å². The number of nitrogens with one attached hydrogen (secondary N) is 1. The molecule has 6 nitrogen and oxygen atoms in total. The standard InChI is InChI=1S/C12H16N4O2S3/c1-3-9-8(7-16(2)15-9)6-14-21(17,18)11-5-4-10(20-11)12(13)19/h4-5,7,14H,3,6H2,1-2H3,(H2,13,19). The summed E-state index contributed by atoms with van der Waals surface area (Å²) >= 11 is 5.90. The van der Waals surface area contributed by atoms with Crippen LogP contribution < -0.4 is 10.5 Å². The lowest BCUT2D eigenvalue weighted by molar-refractivity contribution is 0.583. The number of thiophene rings is 1. The van der Waals surface area contributed by atoms with E-state index < -0.39 is 10.0 Å². The minimum atomic E-state index is -3.57. The maximum Gasteiger partial charge on any atom is 0.250 e. The lowest BCUT2D eigenvalue weighted by Gasteiger charge is -2.04. The molecule has 0 unspecified atom stereocenters. The van der Waals surface area contributed by atoms with Crippen LogP contribution in [0, 0.1) is 0 Å². The molecule has 21 heavy (non-hydrogen) atoms. The number of hydrogen-bond acceptors (Lipinski definition) is 5. The van der Waals surface area contributed by atoms with Crippen LogP contribution in [0.1, 0.15) is 23.1 Å². The van der Waals surface area contributed by atoms with Crippen LogP contribution in [0.2, 0.25) is 0 Å². The number of nitrogens with zero attached hydrogens (tertiary/aromatic N) is 2. The largest absolute Gasteiger partial charge is 0.389 e. The number of sulfonamides is 1.